The third kappa shape index (κ3) is 3.70. The molecule has 6 nitrogen and oxygen atoms in total. The smallest absolute Gasteiger partial charge is 0.356 e. The number of carboxylic acids is 1. The van der Waals surface area contributed by atoms with Crippen molar-refractivity contribution in [3.8, 4) is 5.75 Å². The number of aromatic nitrogens is 2. The zero-order chi connectivity index (χ0) is 17.8. The van der Waals surface area contributed by atoms with Gasteiger partial charge in [-0.25, -0.2) is 4.79 Å². The molecule has 1 heterocycles. The maximum Gasteiger partial charge on any atom is 0.356 e. The van der Waals surface area contributed by atoms with Gasteiger partial charge < -0.3 is 14.9 Å². The lowest BCUT2D eigenvalue weighted by molar-refractivity contribution is 0.0684. The molecule has 0 aliphatic carbocycles. The molecule has 2 aromatic carbocycles. The van der Waals surface area contributed by atoms with Gasteiger partial charge in [0.1, 0.15) is 11.9 Å². The van der Waals surface area contributed by atoms with Gasteiger partial charge in [0, 0.05) is 11.8 Å². The van der Waals surface area contributed by atoms with Gasteiger partial charge in [0.25, 0.3) is 0 Å². The first-order valence-electron chi connectivity index (χ1n) is 7.75. The van der Waals surface area contributed by atoms with Crippen LogP contribution in [0.5, 0.6) is 5.75 Å². The highest BCUT2D eigenvalue weighted by molar-refractivity contribution is 5.87. The van der Waals surface area contributed by atoms with E-state index in [0.29, 0.717) is 12.1 Å². The van der Waals surface area contributed by atoms with E-state index in [0.717, 1.165) is 11.3 Å². The van der Waals surface area contributed by atoms with E-state index in [1.165, 1.54) is 4.68 Å². The molecule has 0 saturated carbocycles. The fourth-order valence-corrected chi connectivity index (χ4v) is 2.62. The normalized spacial score (nSPS) is 11.9. The quantitative estimate of drug-likeness (QED) is 0.722. The van der Waals surface area contributed by atoms with Gasteiger partial charge in [-0.3, -0.25) is 4.68 Å². The number of methoxy groups -OCH3 is 1. The molecular formula is C19H18N2O4. The largest absolute Gasteiger partial charge is 0.497 e. The van der Waals surface area contributed by atoms with Gasteiger partial charge in [-0.2, -0.15) is 5.10 Å². The van der Waals surface area contributed by atoms with Gasteiger partial charge >= 0.3 is 5.97 Å². The molecule has 1 aromatic heterocycles. The van der Waals surface area contributed by atoms with E-state index >= 15 is 0 Å². The molecule has 25 heavy (non-hydrogen) atoms. The standard InChI is InChI=1S/C19H18N2O4/c1-25-15-9-7-13(8-10-15)11-21-12-16(17(20-21)19(23)24)18(22)14-5-3-2-4-6-14/h2-10,12,18,22H,11H2,1H3,(H,23,24). The highest BCUT2D eigenvalue weighted by Gasteiger charge is 2.23. The number of nitrogens with zero attached hydrogens (tertiary/aromatic N) is 2. The van der Waals surface area contributed by atoms with E-state index in [9.17, 15) is 15.0 Å². The van der Waals surface area contributed by atoms with Crippen LogP contribution < -0.4 is 4.74 Å². The molecule has 3 rings (SSSR count). The predicted molar refractivity (Wildman–Crippen MR) is 91.8 cm³/mol. The minimum atomic E-state index is -1.17. The first kappa shape index (κ1) is 16.7. The van der Waals surface area contributed by atoms with Crippen LogP contribution in [0.2, 0.25) is 0 Å². The Labute approximate surface area is 144 Å². The van der Waals surface area contributed by atoms with Crippen molar-refractivity contribution >= 4 is 5.97 Å². The van der Waals surface area contributed by atoms with E-state index in [1.54, 1.807) is 37.6 Å². The van der Waals surface area contributed by atoms with Crippen LogP contribution in [-0.2, 0) is 6.54 Å². The SMILES string of the molecule is COc1ccc(Cn2cc(C(O)c3ccccc3)c(C(=O)O)n2)cc1. The summed E-state index contributed by atoms with van der Waals surface area (Å²) in [6.07, 6.45) is 0.530. The average molecular weight is 338 g/mol. The first-order chi connectivity index (χ1) is 12.1. The molecule has 0 bridgehead atoms. The third-order valence-electron chi connectivity index (χ3n) is 3.91. The number of ether oxygens (including phenoxy) is 1. The second-order valence-corrected chi connectivity index (χ2v) is 5.60. The van der Waals surface area contributed by atoms with Crippen LogP contribution in [0.25, 0.3) is 0 Å². The van der Waals surface area contributed by atoms with Gasteiger partial charge in [-0.15, -0.1) is 0 Å². The summed E-state index contributed by atoms with van der Waals surface area (Å²) < 4.78 is 6.64. The lowest BCUT2D eigenvalue weighted by Gasteiger charge is -2.09. The topological polar surface area (TPSA) is 84.6 Å². The van der Waals surface area contributed by atoms with Crippen LogP contribution in [0.3, 0.4) is 0 Å². The molecule has 128 valence electrons. The van der Waals surface area contributed by atoms with E-state index in [4.69, 9.17) is 4.74 Å². The molecule has 0 spiro atoms. The number of carbonyl (C=O) groups is 1. The van der Waals surface area contributed by atoms with Crippen molar-refractivity contribution < 1.29 is 19.7 Å². The summed E-state index contributed by atoms with van der Waals surface area (Å²) in [5.74, 6) is -0.422. The fourth-order valence-electron chi connectivity index (χ4n) is 2.62. The summed E-state index contributed by atoms with van der Waals surface area (Å²) in [6.45, 7) is 0.395. The van der Waals surface area contributed by atoms with Crippen LogP contribution in [0.15, 0.2) is 60.8 Å². The Morgan fingerprint density at radius 1 is 1.16 bits per heavy atom. The zero-order valence-electron chi connectivity index (χ0n) is 13.7. The predicted octanol–water partition coefficient (Wildman–Crippen LogP) is 2.72. The highest BCUT2D eigenvalue weighted by Crippen LogP contribution is 2.25. The summed E-state index contributed by atoms with van der Waals surface area (Å²) in [5, 5.41) is 24.1. The Balaban J connectivity index is 1.90. The molecule has 0 saturated heterocycles. The van der Waals surface area contributed by atoms with Crippen molar-refractivity contribution in [1.82, 2.24) is 9.78 Å². The Morgan fingerprint density at radius 2 is 1.84 bits per heavy atom. The van der Waals surface area contributed by atoms with Crippen molar-refractivity contribution in [2.75, 3.05) is 7.11 Å². The van der Waals surface area contributed by atoms with Crippen LogP contribution >= 0.6 is 0 Å². The Morgan fingerprint density at radius 3 is 2.44 bits per heavy atom. The molecule has 6 heteroatoms. The summed E-state index contributed by atoms with van der Waals surface area (Å²) in [6, 6.07) is 16.3. The summed E-state index contributed by atoms with van der Waals surface area (Å²) in [5.41, 5.74) is 1.69. The third-order valence-corrected chi connectivity index (χ3v) is 3.91. The summed E-state index contributed by atoms with van der Waals surface area (Å²) >= 11 is 0. The molecule has 0 fully saturated rings. The van der Waals surface area contributed by atoms with Gasteiger partial charge in [0.05, 0.1) is 13.7 Å². The second kappa shape index (κ2) is 7.19. The Bertz CT molecular complexity index is 857. The lowest BCUT2D eigenvalue weighted by Crippen LogP contribution is -2.07. The molecule has 0 aliphatic heterocycles. The first-order valence-corrected chi connectivity index (χ1v) is 7.75. The Kier molecular flexibility index (Phi) is 4.81. The van der Waals surface area contributed by atoms with Crippen LogP contribution in [-0.4, -0.2) is 33.1 Å². The van der Waals surface area contributed by atoms with Crippen LogP contribution in [0, 0.1) is 0 Å². The average Bonchev–Trinajstić information content (AvgIpc) is 3.06. The maximum atomic E-state index is 11.5. The minimum absolute atomic E-state index is 0.148. The summed E-state index contributed by atoms with van der Waals surface area (Å²) in [7, 11) is 1.60. The van der Waals surface area contributed by atoms with E-state index in [1.807, 2.05) is 30.3 Å². The van der Waals surface area contributed by atoms with Gasteiger partial charge in [-0.1, -0.05) is 42.5 Å². The van der Waals surface area contributed by atoms with Crippen molar-refractivity contribution in [2.45, 2.75) is 12.6 Å². The number of hydrogen-bond donors (Lipinski definition) is 2. The van der Waals surface area contributed by atoms with Crippen LogP contribution in [0.1, 0.15) is 33.3 Å². The van der Waals surface area contributed by atoms with Crippen LogP contribution in [0.4, 0.5) is 0 Å². The number of aliphatic hydroxyl groups is 1. The molecule has 1 atom stereocenters. The molecule has 0 aliphatic rings. The van der Waals surface area contributed by atoms with E-state index in [2.05, 4.69) is 5.10 Å². The molecule has 1 unspecified atom stereocenters. The number of carboxylic acid groups (broad SMARTS) is 1. The monoisotopic (exact) mass is 338 g/mol. The van der Waals surface area contributed by atoms with Crippen molar-refractivity contribution in [2.24, 2.45) is 0 Å². The van der Waals surface area contributed by atoms with Crippen molar-refractivity contribution in [3.63, 3.8) is 0 Å². The van der Waals surface area contributed by atoms with Gasteiger partial charge in [0.2, 0.25) is 0 Å². The summed E-state index contributed by atoms with van der Waals surface area (Å²) in [4.78, 5) is 11.5. The fraction of sp³-hybridized carbons (Fsp3) is 0.158. The highest BCUT2D eigenvalue weighted by atomic mass is 16.5. The number of benzene rings is 2. The van der Waals surface area contributed by atoms with Gasteiger partial charge in [-0.05, 0) is 23.3 Å². The molecule has 3 aromatic rings. The van der Waals surface area contributed by atoms with Crippen molar-refractivity contribution in [1.29, 1.82) is 0 Å². The molecular weight excluding hydrogens is 320 g/mol. The van der Waals surface area contributed by atoms with E-state index in [-0.39, 0.29) is 11.3 Å². The Hall–Kier alpha value is -3.12. The van der Waals surface area contributed by atoms with E-state index < -0.39 is 12.1 Å². The number of rotatable bonds is 6. The van der Waals surface area contributed by atoms with Crippen molar-refractivity contribution in [3.05, 3.63) is 83.2 Å². The zero-order valence-corrected chi connectivity index (χ0v) is 13.7. The number of hydrogen-bond acceptors (Lipinski definition) is 4. The maximum absolute atomic E-state index is 11.5. The second-order valence-electron chi connectivity index (χ2n) is 5.60. The van der Waals surface area contributed by atoms with Gasteiger partial charge in [0.15, 0.2) is 5.69 Å². The molecule has 0 radical (unpaired) electrons. The number of aliphatic hydroxyl groups excluding tert-OH is 1. The molecule has 2 N–H and O–H groups in total. The number of aromatic carboxylic acids is 1. The molecule has 0 amide bonds. The minimum Gasteiger partial charge on any atom is -0.497 e. The lowest BCUT2D eigenvalue weighted by atomic mass is 10.0.